The molecule has 18 heavy (non-hydrogen) atoms. The summed E-state index contributed by atoms with van der Waals surface area (Å²) in [5.74, 6) is -6.74. The van der Waals surface area contributed by atoms with Crippen molar-refractivity contribution in [3.63, 3.8) is 0 Å². The largest absolute Gasteiger partial charge is 0.504 e. The van der Waals surface area contributed by atoms with Crippen LogP contribution in [0.4, 0.5) is 13.2 Å². The maximum Gasteiger partial charge on any atom is 0.449 e. The van der Waals surface area contributed by atoms with Crippen LogP contribution in [0.1, 0.15) is 6.92 Å². The van der Waals surface area contributed by atoms with Crippen LogP contribution < -0.4 is 0 Å². The first kappa shape index (κ1) is 15.7. The molecular formula is C10H7F3O5. The van der Waals surface area contributed by atoms with Gasteiger partial charge in [-0.25, -0.2) is 4.79 Å². The van der Waals surface area contributed by atoms with E-state index in [0.717, 1.165) is 0 Å². The van der Waals surface area contributed by atoms with Crippen LogP contribution in [0.3, 0.4) is 0 Å². The molecule has 0 saturated heterocycles. The molecule has 0 heterocycles. The molecular weight excluding hydrogens is 257 g/mol. The molecule has 98 valence electrons. The third kappa shape index (κ3) is 3.62. The molecule has 0 rings (SSSR count). The number of carbonyl (C=O) groups excluding carboxylic acids is 3. The average Bonchev–Trinajstić information content (AvgIpc) is 2.27. The van der Waals surface area contributed by atoms with Crippen molar-refractivity contribution < 1.29 is 37.4 Å². The minimum atomic E-state index is -5.38. The van der Waals surface area contributed by atoms with Gasteiger partial charge in [0.2, 0.25) is 11.5 Å². The van der Waals surface area contributed by atoms with Crippen LogP contribution in [0.2, 0.25) is 0 Å². The standard InChI is InChI=1S/C10H7F3O5/c1-3-5(14)6(8(16)10(11,12)13)7(15)9(17)18-4-2/h1,16H,4H2,2H3/b8-6-. The maximum atomic E-state index is 12.2. The van der Waals surface area contributed by atoms with Gasteiger partial charge in [-0.2, -0.15) is 13.2 Å². The van der Waals surface area contributed by atoms with Crippen molar-refractivity contribution in [2.75, 3.05) is 6.61 Å². The van der Waals surface area contributed by atoms with E-state index in [9.17, 15) is 27.6 Å². The highest BCUT2D eigenvalue weighted by molar-refractivity contribution is 6.49. The second-order valence-corrected chi connectivity index (χ2v) is 2.74. The average molecular weight is 264 g/mol. The van der Waals surface area contributed by atoms with E-state index in [1.54, 1.807) is 0 Å². The SMILES string of the molecule is C#CC(=O)/C(C(=O)C(=O)OCC)=C(/O)C(F)(F)F. The molecule has 0 fully saturated rings. The number of aliphatic hydroxyl groups excluding tert-OH is 1. The maximum absolute atomic E-state index is 12.2. The molecule has 0 unspecified atom stereocenters. The number of hydrogen-bond donors (Lipinski definition) is 1. The smallest absolute Gasteiger partial charge is 0.449 e. The quantitative estimate of drug-likeness (QED) is 0.118. The molecule has 0 aromatic carbocycles. The number of halogens is 3. The van der Waals surface area contributed by atoms with E-state index in [1.165, 1.54) is 12.8 Å². The van der Waals surface area contributed by atoms with E-state index < -0.39 is 35.0 Å². The number of esters is 1. The van der Waals surface area contributed by atoms with Crippen molar-refractivity contribution in [2.24, 2.45) is 0 Å². The molecule has 0 saturated carbocycles. The number of rotatable bonds is 4. The number of alkyl halides is 3. The van der Waals surface area contributed by atoms with Gasteiger partial charge in [-0.1, -0.05) is 0 Å². The van der Waals surface area contributed by atoms with Crippen molar-refractivity contribution in [3.8, 4) is 12.3 Å². The van der Waals surface area contributed by atoms with Crippen molar-refractivity contribution in [2.45, 2.75) is 13.1 Å². The van der Waals surface area contributed by atoms with Crippen LogP contribution in [0, 0.1) is 12.3 Å². The molecule has 1 N–H and O–H groups in total. The van der Waals surface area contributed by atoms with E-state index >= 15 is 0 Å². The monoisotopic (exact) mass is 264 g/mol. The van der Waals surface area contributed by atoms with E-state index in [-0.39, 0.29) is 6.61 Å². The summed E-state index contributed by atoms with van der Waals surface area (Å²) in [7, 11) is 0. The molecule has 0 aromatic rings. The summed E-state index contributed by atoms with van der Waals surface area (Å²) < 4.78 is 40.6. The Hall–Kier alpha value is -2.30. The third-order valence-corrected chi connectivity index (χ3v) is 1.55. The first-order valence-corrected chi connectivity index (χ1v) is 4.39. The number of hydrogen-bond acceptors (Lipinski definition) is 5. The molecule has 5 nitrogen and oxygen atoms in total. The Morgan fingerprint density at radius 3 is 2.17 bits per heavy atom. The van der Waals surface area contributed by atoms with Gasteiger partial charge in [-0.3, -0.25) is 9.59 Å². The fourth-order valence-corrected chi connectivity index (χ4v) is 0.831. The second kappa shape index (κ2) is 5.86. The van der Waals surface area contributed by atoms with Crippen molar-refractivity contribution in [3.05, 3.63) is 11.3 Å². The first-order chi connectivity index (χ1) is 8.16. The summed E-state index contributed by atoms with van der Waals surface area (Å²) in [6.45, 7) is 0.996. The Kier molecular flexibility index (Phi) is 5.11. The summed E-state index contributed by atoms with van der Waals surface area (Å²) in [4.78, 5) is 33.1. The Morgan fingerprint density at radius 2 is 1.83 bits per heavy atom. The Morgan fingerprint density at radius 1 is 1.33 bits per heavy atom. The summed E-state index contributed by atoms with van der Waals surface area (Å²) in [5, 5.41) is 8.74. The van der Waals surface area contributed by atoms with Gasteiger partial charge in [0.05, 0.1) is 6.61 Å². The van der Waals surface area contributed by atoms with E-state index in [4.69, 9.17) is 5.11 Å². The normalized spacial score (nSPS) is 12.2. The molecule has 0 atom stereocenters. The van der Waals surface area contributed by atoms with Crippen LogP contribution in [-0.2, 0) is 19.1 Å². The number of allylic oxidation sites excluding steroid dienone is 1. The molecule has 0 bridgehead atoms. The summed E-state index contributed by atoms with van der Waals surface area (Å²) in [5.41, 5.74) is -1.83. The van der Waals surface area contributed by atoms with Gasteiger partial charge in [0.15, 0.2) is 0 Å². The van der Waals surface area contributed by atoms with Crippen molar-refractivity contribution in [1.82, 2.24) is 0 Å². The number of ether oxygens (including phenoxy) is 1. The highest BCUT2D eigenvalue weighted by Gasteiger charge is 2.42. The van der Waals surface area contributed by atoms with Gasteiger partial charge in [0.1, 0.15) is 5.57 Å². The summed E-state index contributed by atoms with van der Waals surface area (Å²) in [6, 6.07) is 0. The predicted octanol–water partition coefficient (Wildman–Crippen LogP) is 0.695. The highest BCUT2D eigenvalue weighted by atomic mass is 19.4. The van der Waals surface area contributed by atoms with Crippen LogP contribution in [-0.4, -0.2) is 35.4 Å². The zero-order valence-corrected chi connectivity index (χ0v) is 9.00. The lowest BCUT2D eigenvalue weighted by molar-refractivity contribution is -0.153. The first-order valence-electron chi connectivity index (χ1n) is 4.39. The number of terminal acetylenes is 1. The Balaban J connectivity index is 5.70. The lowest BCUT2D eigenvalue weighted by Gasteiger charge is -2.08. The van der Waals surface area contributed by atoms with Crippen molar-refractivity contribution >= 4 is 17.5 Å². The fraction of sp³-hybridized carbons (Fsp3) is 0.300. The minimum absolute atomic E-state index is 0.297. The molecule has 8 heteroatoms. The van der Waals surface area contributed by atoms with Gasteiger partial charge in [-0.05, 0) is 12.8 Å². The number of Topliss-reactive ketones (excluding diaryl/α,β-unsaturated/α-hetero) is 2. The van der Waals surface area contributed by atoms with Gasteiger partial charge in [0, 0.05) is 0 Å². The predicted molar refractivity (Wildman–Crippen MR) is 51.2 cm³/mol. The zero-order valence-electron chi connectivity index (χ0n) is 9.00. The topological polar surface area (TPSA) is 80.7 Å². The molecule has 0 spiro atoms. The number of carbonyl (C=O) groups is 3. The molecule has 0 amide bonds. The van der Waals surface area contributed by atoms with Gasteiger partial charge in [0.25, 0.3) is 5.78 Å². The number of aliphatic hydroxyl groups is 1. The lowest BCUT2D eigenvalue weighted by atomic mass is 10.1. The van der Waals surface area contributed by atoms with E-state index in [2.05, 4.69) is 11.2 Å². The van der Waals surface area contributed by atoms with Gasteiger partial charge < -0.3 is 9.84 Å². The molecule has 0 aliphatic heterocycles. The van der Waals surface area contributed by atoms with Gasteiger partial charge in [-0.15, -0.1) is 6.42 Å². The third-order valence-electron chi connectivity index (χ3n) is 1.55. The molecule has 0 aliphatic carbocycles. The molecule has 0 aliphatic rings. The van der Waals surface area contributed by atoms with Crippen LogP contribution >= 0.6 is 0 Å². The van der Waals surface area contributed by atoms with Crippen LogP contribution in [0.25, 0.3) is 0 Å². The van der Waals surface area contributed by atoms with Crippen LogP contribution in [0.15, 0.2) is 11.3 Å². The second-order valence-electron chi connectivity index (χ2n) is 2.74. The van der Waals surface area contributed by atoms with E-state index in [1.807, 2.05) is 0 Å². The minimum Gasteiger partial charge on any atom is -0.504 e. The Bertz CT molecular complexity index is 453. The fourth-order valence-electron chi connectivity index (χ4n) is 0.831. The number of ketones is 2. The molecule has 0 aromatic heterocycles. The zero-order chi connectivity index (χ0) is 14.5. The van der Waals surface area contributed by atoms with E-state index in [0.29, 0.717) is 0 Å². The highest BCUT2D eigenvalue weighted by Crippen LogP contribution is 2.26. The molecule has 0 radical (unpaired) electrons. The van der Waals surface area contributed by atoms with Crippen molar-refractivity contribution in [1.29, 1.82) is 0 Å². The lowest BCUT2D eigenvalue weighted by Crippen LogP contribution is -2.28. The van der Waals surface area contributed by atoms with Gasteiger partial charge >= 0.3 is 12.1 Å². The van der Waals surface area contributed by atoms with Crippen LogP contribution in [0.5, 0.6) is 0 Å². The summed E-state index contributed by atoms with van der Waals surface area (Å²) >= 11 is 0. The Labute approximate surface area is 99.2 Å². The summed E-state index contributed by atoms with van der Waals surface area (Å²) in [6.07, 6.45) is -0.836.